The highest BCUT2D eigenvalue weighted by Crippen LogP contribution is 2.47. The molecule has 0 bridgehead atoms. The van der Waals surface area contributed by atoms with Crippen LogP contribution in [-0.2, 0) is 0 Å². The number of aryl methyl sites for hydroxylation is 1. The summed E-state index contributed by atoms with van der Waals surface area (Å²) in [5.74, 6) is 3.19. The van der Waals surface area contributed by atoms with E-state index in [1.165, 1.54) is 18.4 Å². The maximum Gasteiger partial charge on any atom is 0.154 e. The summed E-state index contributed by atoms with van der Waals surface area (Å²) in [5, 5.41) is 13.2. The zero-order valence-electron chi connectivity index (χ0n) is 24.6. The van der Waals surface area contributed by atoms with Crippen LogP contribution in [0, 0.1) is 12.3 Å². The van der Waals surface area contributed by atoms with Gasteiger partial charge < -0.3 is 19.9 Å². The fourth-order valence-electron chi connectivity index (χ4n) is 7.14. The fourth-order valence-corrected chi connectivity index (χ4v) is 7.14. The highest BCUT2D eigenvalue weighted by molar-refractivity contribution is 6.07. The van der Waals surface area contributed by atoms with Gasteiger partial charge in [-0.05, 0) is 93.9 Å². The molecule has 41 heavy (non-hydrogen) atoms. The first-order valence-electron chi connectivity index (χ1n) is 15.2. The standard InChI is InChI=1S/C33H41N7O/c1-5-22-17-24-29(30(41-6-2)28(22)27-21(3)7-8-26-25(27)18-35-38-26)36-31(23-9-13-39(4)14-10-23)37-32(24)40-15-11-33(12-16-40)19-34-20-33/h5,7-8,17-18,23,34H,1,6,9-16,19-20H2,2-4H3,(H,35,38). The molecule has 2 N–H and O–H groups in total. The minimum absolute atomic E-state index is 0.345. The molecule has 0 unspecified atom stereocenters. The van der Waals surface area contributed by atoms with Gasteiger partial charge >= 0.3 is 0 Å². The Kier molecular flexibility index (Phi) is 6.70. The number of likely N-dealkylation sites (tertiary alicyclic amines) is 1. The SMILES string of the molecule is C=Cc1cc2c(N3CCC4(CC3)CNC4)nc(C3CCN(C)CC3)nc2c(OCC)c1-c1c(C)ccc2[nH]ncc12. The number of anilines is 1. The molecule has 5 heterocycles. The fraction of sp³-hybridized carbons (Fsp3) is 0.485. The van der Waals surface area contributed by atoms with Crippen LogP contribution in [0.15, 0.2) is 31.0 Å². The van der Waals surface area contributed by atoms with Crippen LogP contribution in [-0.4, -0.2) is 78.0 Å². The molecule has 3 aliphatic heterocycles. The lowest BCUT2D eigenvalue weighted by Crippen LogP contribution is -2.58. The molecule has 4 aromatic rings. The summed E-state index contributed by atoms with van der Waals surface area (Å²) in [5.41, 5.74) is 6.75. The van der Waals surface area contributed by atoms with Gasteiger partial charge in [0.05, 0.1) is 18.3 Å². The summed E-state index contributed by atoms with van der Waals surface area (Å²) >= 11 is 0. The molecule has 2 aromatic heterocycles. The lowest BCUT2D eigenvalue weighted by atomic mass is 9.73. The quantitative estimate of drug-likeness (QED) is 0.326. The molecule has 7 rings (SSSR count). The van der Waals surface area contributed by atoms with E-state index < -0.39 is 0 Å². The van der Waals surface area contributed by atoms with Crippen LogP contribution in [0.25, 0.3) is 39.0 Å². The Bertz CT molecular complexity index is 1600. The van der Waals surface area contributed by atoms with E-state index in [-0.39, 0.29) is 0 Å². The third-order valence-corrected chi connectivity index (χ3v) is 9.77. The molecule has 214 valence electrons. The minimum atomic E-state index is 0.345. The van der Waals surface area contributed by atoms with Crippen LogP contribution >= 0.6 is 0 Å². The average molecular weight is 552 g/mol. The Morgan fingerprint density at radius 2 is 1.85 bits per heavy atom. The Labute approximate surface area is 242 Å². The molecule has 3 aliphatic rings. The highest BCUT2D eigenvalue weighted by atomic mass is 16.5. The van der Waals surface area contributed by atoms with Gasteiger partial charge in [0, 0.05) is 48.4 Å². The molecular formula is C33H41N7O. The predicted octanol–water partition coefficient (Wildman–Crippen LogP) is 5.52. The van der Waals surface area contributed by atoms with Crippen molar-refractivity contribution in [3.8, 4) is 16.9 Å². The largest absolute Gasteiger partial charge is 0.491 e. The summed E-state index contributed by atoms with van der Waals surface area (Å²) in [4.78, 5) is 15.7. The number of hydrogen-bond acceptors (Lipinski definition) is 7. The van der Waals surface area contributed by atoms with Crippen LogP contribution in [0.4, 0.5) is 5.82 Å². The Balaban J connectivity index is 1.47. The maximum absolute atomic E-state index is 6.59. The molecule has 8 heteroatoms. The van der Waals surface area contributed by atoms with Gasteiger partial charge in [-0.2, -0.15) is 5.10 Å². The van der Waals surface area contributed by atoms with Crippen LogP contribution < -0.4 is 15.0 Å². The van der Waals surface area contributed by atoms with Gasteiger partial charge in [0.1, 0.15) is 17.2 Å². The van der Waals surface area contributed by atoms with E-state index in [0.29, 0.717) is 17.9 Å². The van der Waals surface area contributed by atoms with E-state index in [4.69, 9.17) is 14.7 Å². The van der Waals surface area contributed by atoms with Gasteiger partial charge in [-0.3, -0.25) is 5.10 Å². The number of ether oxygens (including phenoxy) is 1. The second-order valence-electron chi connectivity index (χ2n) is 12.4. The summed E-state index contributed by atoms with van der Waals surface area (Å²) in [6.07, 6.45) is 8.41. The third kappa shape index (κ3) is 4.48. The van der Waals surface area contributed by atoms with E-state index in [0.717, 1.165) is 108 Å². The number of rotatable bonds is 6. The second kappa shape index (κ2) is 10.4. The zero-order valence-corrected chi connectivity index (χ0v) is 24.6. The normalized spacial score (nSPS) is 19.6. The first kappa shape index (κ1) is 26.4. The molecule has 0 saturated carbocycles. The number of nitrogens with zero attached hydrogens (tertiary/aromatic N) is 5. The lowest BCUT2D eigenvalue weighted by molar-refractivity contribution is 0.126. The topological polar surface area (TPSA) is 82.2 Å². The van der Waals surface area contributed by atoms with Crippen LogP contribution in [0.1, 0.15) is 55.5 Å². The third-order valence-electron chi connectivity index (χ3n) is 9.77. The van der Waals surface area contributed by atoms with E-state index >= 15 is 0 Å². The minimum Gasteiger partial charge on any atom is -0.491 e. The molecule has 1 spiro atoms. The second-order valence-corrected chi connectivity index (χ2v) is 12.4. The van der Waals surface area contributed by atoms with Gasteiger partial charge in [-0.1, -0.05) is 18.7 Å². The van der Waals surface area contributed by atoms with Crippen molar-refractivity contribution in [1.29, 1.82) is 0 Å². The van der Waals surface area contributed by atoms with Gasteiger partial charge in [0.15, 0.2) is 5.75 Å². The van der Waals surface area contributed by atoms with Crippen molar-refractivity contribution in [1.82, 2.24) is 30.4 Å². The van der Waals surface area contributed by atoms with E-state index in [1.807, 2.05) is 12.3 Å². The Morgan fingerprint density at radius 1 is 1.07 bits per heavy atom. The van der Waals surface area contributed by atoms with Crippen molar-refractivity contribution >= 4 is 33.7 Å². The van der Waals surface area contributed by atoms with Crippen LogP contribution in [0.3, 0.4) is 0 Å². The summed E-state index contributed by atoms with van der Waals surface area (Å²) in [6, 6.07) is 6.49. The Hall–Kier alpha value is -3.49. The number of fused-ring (bicyclic) bond motifs is 2. The molecule has 3 saturated heterocycles. The first-order valence-corrected chi connectivity index (χ1v) is 15.2. The number of piperidine rings is 2. The molecule has 8 nitrogen and oxygen atoms in total. The van der Waals surface area contributed by atoms with Gasteiger partial charge in [0.25, 0.3) is 0 Å². The average Bonchev–Trinajstić information content (AvgIpc) is 3.45. The Morgan fingerprint density at radius 3 is 2.54 bits per heavy atom. The smallest absolute Gasteiger partial charge is 0.154 e. The van der Waals surface area contributed by atoms with Crippen molar-refractivity contribution in [3.63, 3.8) is 0 Å². The van der Waals surface area contributed by atoms with E-state index in [1.54, 1.807) is 0 Å². The number of benzene rings is 2. The summed E-state index contributed by atoms with van der Waals surface area (Å²) < 4.78 is 6.59. The molecule has 2 aromatic carbocycles. The van der Waals surface area contributed by atoms with Gasteiger partial charge in [0.2, 0.25) is 0 Å². The molecule has 0 aliphatic carbocycles. The number of nitrogens with one attached hydrogen (secondary N) is 2. The summed E-state index contributed by atoms with van der Waals surface area (Å²) in [7, 11) is 2.21. The first-order chi connectivity index (χ1) is 20.0. The van der Waals surface area contributed by atoms with Gasteiger partial charge in [-0.15, -0.1) is 0 Å². The molecule has 3 fully saturated rings. The summed E-state index contributed by atoms with van der Waals surface area (Å²) in [6.45, 7) is 15.5. The number of aromatic amines is 1. The highest BCUT2D eigenvalue weighted by Gasteiger charge is 2.40. The van der Waals surface area contributed by atoms with Crippen molar-refractivity contribution in [2.45, 2.75) is 45.4 Å². The van der Waals surface area contributed by atoms with Crippen molar-refractivity contribution in [2.24, 2.45) is 5.41 Å². The molecule has 0 radical (unpaired) electrons. The molecule has 0 atom stereocenters. The van der Waals surface area contributed by atoms with Gasteiger partial charge in [-0.25, -0.2) is 9.97 Å². The van der Waals surface area contributed by atoms with Crippen LogP contribution in [0.2, 0.25) is 0 Å². The van der Waals surface area contributed by atoms with Crippen molar-refractivity contribution < 1.29 is 4.74 Å². The predicted molar refractivity (Wildman–Crippen MR) is 167 cm³/mol. The number of aromatic nitrogens is 4. The molecular weight excluding hydrogens is 510 g/mol. The van der Waals surface area contributed by atoms with Crippen molar-refractivity contribution in [3.05, 3.63) is 47.9 Å². The number of H-pyrrole nitrogens is 1. The van der Waals surface area contributed by atoms with Crippen molar-refractivity contribution in [2.75, 3.05) is 57.8 Å². The monoisotopic (exact) mass is 551 g/mol. The number of hydrogen-bond donors (Lipinski definition) is 2. The van der Waals surface area contributed by atoms with E-state index in [9.17, 15) is 0 Å². The maximum atomic E-state index is 6.59. The lowest BCUT2D eigenvalue weighted by Gasteiger charge is -2.48. The zero-order chi connectivity index (χ0) is 28.1. The van der Waals surface area contributed by atoms with Crippen LogP contribution in [0.5, 0.6) is 5.75 Å². The van der Waals surface area contributed by atoms with E-state index in [2.05, 4.69) is 71.0 Å². The molecule has 0 amide bonds.